The average molecular weight is 264 g/mol. The van der Waals surface area contributed by atoms with Crippen LogP contribution in [0.15, 0.2) is 6.07 Å². The lowest BCUT2D eigenvalue weighted by atomic mass is 10.1. The lowest BCUT2D eigenvalue weighted by molar-refractivity contribution is 0.0972. The highest BCUT2D eigenvalue weighted by Crippen LogP contribution is 2.39. The quantitative estimate of drug-likeness (QED) is 0.800. The van der Waals surface area contributed by atoms with Crippen molar-refractivity contribution < 1.29 is 4.79 Å². The van der Waals surface area contributed by atoms with Gasteiger partial charge in [0.2, 0.25) is 0 Å². The lowest BCUT2D eigenvalue weighted by Gasteiger charge is -2.09. The van der Waals surface area contributed by atoms with E-state index in [0.717, 1.165) is 35.2 Å². The number of anilines is 2. The van der Waals surface area contributed by atoms with E-state index in [2.05, 4.69) is 5.32 Å². The fourth-order valence-electron chi connectivity index (χ4n) is 2.68. The summed E-state index contributed by atoms with van der Waals surface area (Å²) < 4.78 is 0. The molecule has 2 saturated carbocycles. The van der Waals surface area contributed by atoms with Crippen molar-refractivity contribution in [3.63, 3.8) is 0 Å². The molecule has 1 aromatic rings. The van der Waals surface area contributed by atoms with E-state index >= 15 is 0 Å². The molecule has 1 heterocycles. The van der Waals surface area contributed by atoms with Crippen LogP contribution >= 0.6 is 11.3 Å². The van der Waals surface area contributed by atoms with Crippen LogP contribution in [0.4, 0.5) is 10.7 Å². The van der Waals surface area contributed by atoms with Gasteiger partial charge in [-0.1, -0.05) is 12.8 Å². The Bertz CT molecular complexity index is 445. The van der Waals surface area contributed by atoms with Crippen molar-refractivity contribution in [3.05, 3.63) is 10.9 Å². The highest BCUT2D eigenvalue weighted by molar-refractivity contribution is 7.18. The molecule has 0 bridgehead atoms. The molecule has 0 amide bonds. The van der Waals surface area contributed by atoms with Crippen LogP contribution < -0.4 is 11.1 Å². The largest absolute Gasteiger partial charge is 0.397 e. The summed E-state index contributed by atoms with van der Waals surface area (Å²) in [6.07, 6.45) is 7.49. The van der Waals surface area contributed by atoms with Gasteiger partial charge >= 0.3 is 0 Å². The van der Waals surface area contributed by atoms with Crippen molar-refractivity contribution >= 4 is 27.8 Å². The SMILES string of the molecule is Nc1cc(NCC2CCCC2)sc1C(=O)C1CC1. The minimum absolute atomic E-state index is 0.256. The minimum Gasteiger partial charge on any atom is -0.397 e. The molecule has 1 aromatic heterocycles. The van der Waals surface area contributed by atoms with Gasteiger partial charge < -0.3 is 11.1 Å². The van der Waals surface area contributed by atoms with E-state index in [1.807, 2.05) is 6.07 Å². The number of carbonyl (C=O) groups is 1. The first kappa shape index (κ1) is 12.0. The number of thiophene rings is 1. The molecule has 0 aliphatic heterocycles. The molecule has 0 saturated heterocycles. The van der Waals surface area contributed by atoms with E-state index in [-0.39, 0.29) is 11.7 Å². The molecule has 3 rings (SSSR count). The number of nitrogens with one attached hydrogen (secondary N) is 1. The summed E-state index contributed by atoms with van der Waals surface area (Å²) in [6.45, 7) is 1.02. The zero-order valence-electron chi connectivity index (χ0n) is 10.6. The molecule has 0 aromatic carbocycles. The zero-order valence-corrected chi connectivity index (χ0v) is 11.4. The first-order valence-electron chi connectivity index (χ1n) is 6.91. The highest BCUT2D eigenvalue weighted by atomic mass is 32.1. The van der Waals surface area contributed by atoms with Gasteiger partial charge in [0.1, 0.15) is 0 Å². The molecule has 0 radical (unpaired) electrons. The fraction of sp³-hybridized carbons (Fsp3) is 0.643. The molecule has 0 unspecified atom stereocenters. The third-order valence-electron chi connectivity index (χ3n) is 3.97. The van der Waals surface area contributed by atoms with Gasteiger partial charge in [-0.25, -0.2) is 0 Å². The van der Waals surface area contributed by atoms with Crippen molar-refractivity contribution in [1.82, 2.24) is 0 Å². The topological polar surface area (TPSA) is 55.1 Å². The molecule has 0 atom stereocenters. The van der Waals surface area contributed by atoms with E-state index in [4.69, 9.17) is 5.73 Å². The third kappa shape index (κ3) is 2.53. The van der Waals surface area contributed by atoms with E-state index in [9.17, 15) is 4.79 Å². The minimum atomic E-state index is 0.256. The zero-order chi connectivity index (χ0) is 12.5. The van der Waals surface area contributed by atoms with Gasteiger partial charge in [-0.05, 0) is 37.7 Å². The van der Waals surface area contributed by atoms with Gasteiger partial charge in [-0.15, -0.1) is 11.3 Å². The Morgan fingerprint density at radius 3 is 2.72 bits per heavy atom. The van der Waals surface area contributed by atoms with Gasteiger partial charge in [-0.3, -0.25) is 4.79 Å². The Balaban J connectivity index is 1.62. The monoisotopic (exact) mass is 264 g/mol. The van der Waals surface area contributed by atoms with Crippen LogP contribution in [0.2, 0.25) is 0 Å². The van der Waals surface area contributed by atoms with Crippen LogP contribution in [0.3, 0.4) is 0 Å². The van der Waals surface area contributed by atoms with E-state index < -0.39 is 0 Å². The second-order valence-corrected chi connectivity index (χ2v) is 6.62. The smallest absolute Gasteiger partial charge is 0.178 e. The standard InChI is InChI=1S/C14H20N2OS/c15-11-7-12(16-8-9-3-1-2-4-9)18-14(11)13(17)10-5-6-10/h7,9-10,16H,1-6,8,15H2. The fourth-order valence-corrected chi connectivity index (χ4v) is 3.68. The number of Topliss-reactive ketones (excluding diaryl/α,β-unsaturated/α-hetero) is 1. The number of nitrogen functional groups attached to an aromatic ring is 1. The van der Waals surface area contributed by atoms with Crippen LogP contribution in [-0.4, -0.2) is 12.3 Å². The van der Waals surface area contributed by atoms with Crippen LogP contribution in [0, 0.1) is 11.8 Å². The maximum absolute atomic E-state index is 12.0. The summed E-state index contributed by atoms with van der Waals surface area (Å²) in [5.41, 5.74) is 6.60. The number of carbonyl (C=O) groups excluding carboxylic acids is 1. The number of hydrogen-bond acceptors (Lipinski definition) is 4. The highest BCUT2D eigenvalue weighted by Gasteiger charge is 2.32. The first-order valence-corrected chi connectivity index (χ1v) is 7.73. The molecule has 2 aliphatic rings. The summed E-state index contributed by atoms with van der Waals surface area (Å²) in [5, 5.41) is 4.51. The summed E-state index contributed by atoms with van der Waals surface area (Å²) in [6, 6.07) is 1.93. The normalized spacial score (nSPS) is 20.2. The molecule has 98 valence electrons. The molecule has 2 fully saturated rings. The maximum Gasteiger partial charge on any atom is 0.178 e. The summed E-state index contributed by atoms with van der Waals surface area (Å²) in [5.74, 6) is 1.32. The van der Waals surface area contributed by atoms with Gasteiger partial charge in [0.25, 0.3) is 0 Å². The van der Waals surface area contributed by atoms with Gasteiger partial charge in [-0.2, -0.15) is 0 Å². The Hall–Kier alpha value is -1.03. The molecular formula is C14H20N2OS. The van der Waals surface area contributed by atoms with Crippen molar-refractivity contribution in [2.24, 2.45) is 11.8 Å². The third-order valence-corrected chi connectivity index (χ3v) is 5.10. The number of hydrogen-bond donors (Lipinski definition) is 2. The van der Waals surface area contributed by atoms with E-state index in [1.54, 1.807) is 0 Å². The van der Waals surface area contributed by atoms with Crippen LogP contribution in [0.25, 0.3) is 0 Å². The van der Waals surface area contributed by atoms with Gasteiger partial charge in [0, 0.05) is 12.5 Å². The van der Waals surface area contributed by atoms with E-state index in [0.29, 0.717) is 5.69 Å². The summed E-state index contributed by atoms with van der Waals surface area (Å²) in [7, 11) is 0. The summed E-state index contributed by atoms with van der Waals surface area (Å²) >= 11 is 1.53. The first-order chi connectivity index (χ1) is 8.74. The Kier molecular flexibility index (Phi) is 3.29. The second-order valence-electron chi connectivity index (χ2n) is 5.57. The van der Waals surface area contributed by atoms with Crippen molar-refractivity contribution in [3.8, 4) is 0 Å². The van der Waals surface area contributed by atoms with Crippen LogP contribution in [-0.2, 0) is 0 Å². The average Bonchev–Trinajstić information content (AvgIpc) is 2.95. The Morgan fingerprint density at radius 2 is 2.06 bits per heavy atom. The molecule has 4 heteroatoms. The Morgan fingerprint density at radius 1 is 1.33 bits per heavy atom. The lowest BCUT2D eigenvalue weighted by Crippen LogP contribution is -2.09. The Labute approximate surface area is 112 Å². The van der Waals surface area contributed by atoms with Crippen molar-refractivity contribution in [2.75, 3.05) is 17.6 Å². The van der Waals surface area contributed by atoms with Crippen LogP contribution in [0.1, 0.15) is 48.2 Å². The van der Waals surface area contributed by atoms with Gasteiger partial charge in [0.05, 0.1) is 15.6 Å². The van der Waals surface area contributed by atoms with Gasteiger partial charge in [0.15, 0.2) is 5.78 Å². The molecule has 0 spiro atoms. The summed E-state index contributed by atoms with van der Waals surface area (Å²) in [4.78, 5) is 12.8. The number of ketones is 1. The predicted octanol–water partition coefficient (Wildman–Crippen LogP) is 3.53. The van der Waals surface area contributed by atoms with Crippen molar-refractivity contribution in [2.45, 2.75) is 38.5 Å². The maximum atomic E-state index is 12.0. The van der Waals surface area contributed by atoms with E-state index in [1.165, 1.54) is 37.0 Å². The molecule has 3 nitrogen and oxygen atoms in total. The second kappa shape index (κ2) is 4.92. The molecular weight excluding hydrogens is 244 g/mol. The predicted molar refractivity (Wildman–Crippen MR) is 76.2 cm³/mol. The number of rotatable bonds is 5. The van der Waals surface area contributed by atoms with Crippen LogP contribution in [0.5, 0.6) is 0 Å². The number of nitrogens with two attached hydrogens (primary N) is 1. The van der Waals surface area contributed by atoms with Crippen molar-refractivity contribution in [1.29, 1.82) is 0 Å². The molecule has 2 aliphatic carbocycles. The molecule has 18 heavy (non-hydrogen) atoms. The molecule has 3 N–H and O–H groups in total.